The third-order valence-corrected chi connectivity index (χ3v) is 6.29. The van der Waals surface area contributed by atoms with Crippen molar-refractivity contribution < 1.29 is 19.1 Å². The average molecular weight is 444 g/mol. The smallest absolute Gasteiger partial charge is 0.407 e. The van der Waals surface area contributed by atoms with Crippen molar-refractivity contribution in [3.05, 3.63) is 35.9 Å². The second-order valence-corrected chi connectivity index (χ2v) is 10.1. The fourth-order valence-corrected chi connectivity index (χ4v) is 4.48. The van der Waals surface area contributed by atoms with Crippen LogP contribution in [0.4, 0.5) is 4.79 Å². The summed E-state index contributed by atoms with van der Waals surface area (Å²) in [6.45, 7) is 9.95. The predicted octanol–water partition coefficient (Wildman–Crippen LogP) is 3.23. The molecule has 2 fully saturated rings. The van der Waals surface area contributed by atoms with E-state index in [-0.39, 0.29) is 29.7 Å². The van der Waals surface area contributed by atoms with Gasteiger partial charge in [-0.05, 0) is 51.5 Å². The number of carbonyl (C=O) groups excluding carboxylic acids is 3. The van der Waals surface area contributed by atoms with Crippen LogP contribution < -0.4 is 5.32 Å². The van der Waals surface area contributed by atoms with Crippen LogP contribution in [0, 0.1) is 11.8 Å². The first kappa shape index (κ1) is 24.1. The molecule has 0 bridgehead atoms. The lowest BCUT2D eigenvalue weighted by Crippen LogP contribution is -2.45. The third kappa shape index (κ3) is 6.71. The van der Waals surface area contributed by atoms with Crippen molar-refractivity contribution >= 4 is 17.9 Å². The summed E-state index contributed by atoms with van der Waals surface area (Å²) in [6.07, 6.45) is 2.21. The van der Waals surface area contributed by atoms with Crippen molar-refractivity contribution in [2.45, 2.75) is 65.0 Å². The lowest BCUT2D eigenvalue weighted by Gasteiger charge is -2.33. The lowest BCUT2D eigenvalue weighted by atomic mass is 9.95. The Hall–Kier alpha value is -2.57. The second kappa shape index (κ2) is 10.4. The Morgan fingerprint density at radius 1 is 1.03 bits per heavy atom. The van der Waals surface area contributed by atoms with Gasteiger partial charge >= 0.3 is 6.09 Å². The van der Waals surface area contributed by atoms with Crippen molar-refractivity contribution in [2.75, 3.05) is 26.2 Å². The predicted molar refractivity (Wildman–Crippen MR) is 123 cm³/mol. The molecule has 2 atom stereocenters. The number of hydrogen-bond donors (Lipinski definition) is 1. The molecule has 0 aromatic heterocycles. The number of rotatable bonds is 5. The molecule has 7 heteroatoms. The summed E-state index contributed by atoms with van der Waals surface area (Å²) in [5.74, 6) is 0.421. The standard InChI is InChI=1S/C25H37N3O4/c1-18-16-28(17-21(18)26-24(31)32-25(2,3)4)23(30)20-12-14-27(15-13-20)22(29)11-10-19-8-6-5-7-9-19/h5-9,18,20-21H,10-17H2,1-4H3,(H,26,31)/t18-,21-/m1/s1. The van der Waals surface area contributed by atoms with Crippen LogP contribution in [0.2, 0.25) is 0 Å². The minimum Gasteiger partial charge on any atom is -0.444 e. The molecule has 3 rings (SSSR count). The van der Waals surface area contributed by atoms with Gasteiger partial charge in [-0.15, -0.1) is 0 Å². The zero-order valence-electron chi connectivity index (χ0n) is 19.8. The van der Waals surface area contributed by atoms with E-state index in [4.69, 9.17) is 4.74 Å². The van der Waals surface area contributed by atoms with Gasteiger partial charge in [-0.25, -0.2) is 4.79 Å². The van der Waals surface area contributed by atoms with E-state index in [0.717, 1.165) is 6.42 Å². The van der Waals surface area contributed by atoms with E-state index >= 15 is 0 Å². The number of benzene rings is 1. The molecule has 3 amide bonds. The Morgan fingerprint density at radius 3 is 2.31 bits per heavy atom. The molecule has 0 unspecified atom stereocenters. The summed E-state index contributed by atoms with van der Waals surface area (Å²) in [4.78, 5) is 41.5. The molecule has 7 nitrogen and oxygen atoms in total. The van der Waals surface area contributed by atoms with Crippen LogP contribution in [0.5, 0.6) is 0 Å². The molecule has 32 heavy (non-hydrogen) atoms. The number of amides is 3. The Labute approximate surface area is 191 Å². The van der Waals surface area contributed by atoms with Gasteiger partial charge in [0.2, 0.25) is 11.8 Å². The number of alkyl carbamates (subject to hydrolysis) is 1. The van der Waals surface area contributed by atoms with Gasteiger partial charge in [0, 0.05) is 38.5 Å². The summed E-state index contributed by atoms with van der Waals surface area (Å²) >= 11 is 0. The molecule has 2 aliphatic heterocycles. The number of piperidine rings is 1. The van der Waals surface area contributed by atoms with E-state index < -0.39 is 11.7 Å². The van der Waals surface area contributed by atoms with Crippen LogP contribution in [0.25, 0.3) is 0 Å². The number of nitrogens with one attached hydrogen (secondary N) is 1. The Morgan fingerprint density at radius 2 is 1.69 bits per heavy atom. The average Bonchev–Trinajstić information content (AvgIpc) is 3.11. The molecule has 0 aliphatic carbocycles. The van der Waals surface area contributed by atoms with Crippen molar-refractivity contribution in [3.63, 3.8) is 0 Å². The SMILES string of the molecule is C[C@@H]1CN(C(=O)C2CCN(C(=O)CCc3ccccc3)CC2)C[C@H]1NC(=O)OC(C)(C)C. The highest BCUT2D eigenvalue weighted by molar-refractivity contribution is 5.81. The molecular formula is C25H37N3O4. The van der Waals surface area contributed by atoms with Gasteiger partial charge in [-0.3, -0.25) is 9.59 Å². The molecule has 1 aromatic carbocycles. The van der Waals surface area contributed by atoms with Crippen molar-refractivity contribution in [2.24, 2.45) is 11.8 Å². The van der Waals surface area contributed by atoms with Crippen LogP contribution in [0.1, 0.15) is 52.5 Å². The first-order valence-electron chi connectivity index (χ1n) is 11.7. The highest BCUT2D eigenvalue weighted by Crippen LogP contribution is 2.25. The van der Waals surface area contributed by atoms with E-state index in [1.807, 2.05) is 67.8 Å². The first-order chi connectivity index (χ1) is 15.1. The maximum Gasteiger partial charge on any atom is 0.407 e. The molecule has 0 radical (unpaired) electrons. The summed E-state index contributed by atoms with van der Waals surface area (Å²) in [5.41, 5.74) is 0.622. The number of aryl methyl sites for hydroxylation is 1. The topological polar surface area (TPSA) is 79.0 Å². The van der Waals surface area contributed by atoms with Crippen LogP contribution in [0.15, 0.2) is 30.3 Å². The molecule has 2 saturated heterocycles. The Balaban J connectivity index is 1.43. The third-order valence-electron chi connectivity index (χ3n) is 6.29. The number of ether oxygens (including phenoxy) is 1. The minimum absolute atomic E-state index is 0.0550. The maximum atomic E-state index is 13.1. The molecule has 176 valence electrons. The largest absolute Gasteiger partial charge is 0.444 e. The number of nitrogens with zero attached hydrogens (tertiary/aromatic N) is 2. The summed E-state index contributed by atoms with van der Waals surface area (Å²) in [5, 5.41) is 2.91. The fraction of sp³-hybridized carbons (Fsp3) is 0.640. The van der Waals surface area contributed by atoms with Crippen molar-refractivity contribution in [3.8, 4) is 0 Å². The number of carbonyl (C=O) groups is 3. The van der Waals surface area contributed by atoms with E-state index in [1.165, 1.54) is 5.56 Å². The lowest BCUT2D eigenvalue weighted by molar-refractivity contribution is -0.140. The zero-order valence-corrected chi connectivity index (χ0v) is 19.8. The van der Waals surface area contributed by atoms with E-state index in [1.54, 1.807) is 0 Å². The monoisotopic (exact) mass is 443 g/mol. The highest BCUT2D eigenvalue weighted by Gasteiger charge is 2.38. The van der Waals surface area contributed by atoms with Gasteiger partial charge in [0.1, 0.15) is 5.60 Å². The minimum atomic E-state index is -0.548. The zero-order chi connectivity index (χ0) is 23.3. The molecule has 0 spiro atoms. The van der Waals surface area contributed by atoms with Gasteiger partial charge in [-0.1, -0.05) is 37.3 Å². The molecule has 2 aliphatic rings. The van der Waals surface area contributed by atoms with Crippen molar-refractivity contribution in [1.82, 2.24) is 15.1 Å². The normalized spacial score (nSPS) is 22.0. The van der Waals surface area contributed by atoms with E-state index in [2.05, 4.69) is 5.32 Å². The van der Waals surface area contributed by atoms with Crippen LogP contribution in [-0.2, 0) is 20.7 Å². The number of hydrogen-bond acceptors (Lipinski definition) is 4. The van der Waals surface area contributed by atoms with Crippen LogP contribution in [-0.4, -0.2) is 65.5 Å². The van der Waals surface area contributed by atoms with Crippen LogP contribution in [0.3, 0.4) is 0 Å². The molecular weight excluding hydrogens is 406 g/mol. The van der Waals surface area contributed by atoms with Crippen molar-refractivity contribution in [1.29, 1.82) is 0 Å². The molecule has 1 N–H and O–H groups in total. The van der Waals surface area contributed by atoms with Gasteiger partial charge in [0.25, 0.3) is 0 Å². The summed E-state index contributed by atoms with van der Waals surface area (Å²) in [7, 11) is 0. The Kier molecular flexibility index (Phi) is 7.80. The second-order valence-electron chi connectivity index (χ2n) is 10.1. The van der Waals surface area contributed by atoms with Gasteiger partial charge in [0.05, 0.1) is 6.04 Å². The summed E-state index contributed by atoms with van der Waals surface area (Å²) < 4.78 is 5.35. The quantitative estimate of drug-likeness (QED) is 0.758. The Bertz CT molecular complexity index is 797. The molecule has 2 heterocycles. The molecule has 1 aromatic rings. The van der Waals surface area contributed by atoms with Gasteiger partial charge in [0.15, 0.2) is 0 Å². The van der Waals surface area contributed by atoms with E-state index in [0.29, 0.717) is 45.4 Å². The highest BCUT2D eigenvalue weighted by atomic mass is 16.6. The summed E-state index contributed by atoms with van der Waals surface area (Å²) in [6, 6.07) is 9.94. The van der Waals surface area contributed by atoms with Crippen LogP contribution >= 0.6 is 0 Å². The van der Waals surface area contributed by atoms with Gasteiger partial charge in [-0.2, -0.15) is 0 Å². The van der Waals surface area contributed by atoms with E-state index in [9.17, 15) is 14.4 Å². The first-order valence-corrected chi connectivity index (χ1v) is 11.7. The van der Waals surface area contributed by atoms with Gasteiger partial charge < -0.3 is 19.9 Å². The maximum absolute atomic E-state index is 13.1. The fourth-order valence-electron chi connectivity index (χ4n) is 4.48. The number of likely N-dealkylation sites (tertiary alicyclic amines) is 2. The molecule has 0 saturated carbocycles.